The molecule has 5 heteroatoms. The van der Waals surface area contributed by atoms with Crippen molar-refractivity contribution in [2.45, 2.75) is 45.1 Å². The SMILES string of the molecule is CC(C)(C)c1ccc(C(=O)Nc2cccc(C(=O)NCC3CCCO3)c2)cc1. The Balaban J connectivity index is 1.61. The Morgan fingerprint density at radius 1 is 1.04 bits per heavy atom. The Hall–Kier alpha value is -2.66. The van der Waals surface area contributed by atoms with Gasteiger partial charge in [0, 0.05) is 30.0 Å². The molecular weight excluding hydrogens is 352 g/mol. The average molecular weight is 380 g/mol. The molecule has 1 aliphatic heterocycles. The number of ether oxygens (including phenoxy) is 1. The Morgan fingerprint density at radius 2 is 1.79 bits per heavy atom. The third-order valence-electron chi connectivity index (χ3n) is 4.91. The highest BCUT2D eigenvalue weighted by Gasteiger charge is 2.17. The second-order valence-corrected chi connectivity index (χ2v) is 8.21. The predicted molar refractivity (Wildman–Crippen MR) is 111 cm³/mol. The van der Waals surface area contributed by atoms with Crippen molar-refractivity contribution in [2.75, 3.05) is 18.5 Å². The largest absolute Gasteiger partial charge is 0.376 e. The lowest BCUT2D eigenvalue weighted by Gasteiger charge is -2.19. The number of amides is 2. The molecule has 0 radical (unpaired) electrons. The molecular formula is C23H28N2O3. The van der Waals surface area contributed by atoms with Crippen LogP contribution in [0.5, 0.6) is 0 Å². The van der Waals surface area contributed by atoms with Crippen LogP contribution in [0.4, 0.5) is 5.69 Å². The van der Waals surface area contributed by atoms with Gasteiger partial charge in [0.25, 0.3) is 11.8 Å². The number of carbonyl (C=O) groups excluding carboxylic acids is 2. The molecule has 148 valence electrons. The van der Waals surface area contributed by atoms with Crippen molar-refractivity contribution in [1.82, 2.24) is 5.32 Å². The number of anilines is 1. The Labute approximate surface area is 166 Å². The van der Waals surface area contributed by atoms with Gasteiger partial charge in [0.05, 0.1) is 6.10 Å². The molecule has 2 aromatic carbocycles. The zero-order valence-electron chi connectivity index (χ0n) is 16.7. The smallest absolute Gasteiger partial charge is 0.255 e. The maximum Gasteiger partial charge on any atom is 0.255 e. The van der Waals surface area contributed by atoms with Crippen molar-refractivity contribution in [3.8, 4) is 0 Å². The zero-order chi connectivity index (χ0) is 20.1. The molecule has 28 heavy (non-hydrogen) atoms. The first-order chi connectivity index (χ1) is 13.3. The van der Waals surface area contributed by atoms with Crippen LogP contribution in [-0.4, -0.2) is 31.1 Å². The molecule has 1 saturated heterocycles. The van der Waals surface area contributed by atoms with Crippen molar-refractivity contribution in [3.05, 3.63) is 65.2 Å². The van der Waals surface area contributed by atoms with E-state index < -0.39 is 0 Å². The lowest BCUT2D eigenvalue weighted by atomic mass is 9.87. The van der Waals surface area contributed by atoms with Crippen LogP contribution in [0.1, 0.15) is 59.9 Å². The van der Waals surface area contributed by atoms with E-state index in [9.17, 15) is 9.59 Å². The minimum absolute atomic E-state index is 0.0419. The van der Waals surface area contributed by atoms with E-state index in [1.54, 1.807) is 24.3 Å². The Bertz CT molecular complexity index is 832. The van der Waals surface area contributed by atoms with Crippen LogP contribution in [0.15, 0.2) is 48.5 Å². The van der Waals surface area contributed by atoms with Crippen LogP contribution in [-0.2, 0) is 10.2 Å². The van der Waals surface area contributed by atoms with Gasteiger partial charge in [0.2, 0.25) is 0 Å². The highest BCUT2D eigenvalue weighted by molar-refractivity contribution is 6.05. The summed E-state index contributed by atoms with van der Waals surface area (Å²) in [5, 5.41) is 5.76. The summed E-state index contributed by atoms with van der Waals surface area (Å²) in [7, 11) is 0. The first-order valence-corrected chi connectivity index (χ1v) is 9.75. The number of hydrogen-bond donors (Lipinski definition) is 2. The number of hydrogen-bond acceptors (Lipinski definition) is 3. The van der Waals surface area contributed by atoms with Gasteiger partial charge in [0.15, 0.2) is 0 Å². The van der Waals surface area contributed by atoms with Gasteiger partial charge in [-0.2, -0.15) is 0 Å². The highest BCUT2D eigenvalue weighted by atomic mass is 16.5. The molecule has 5 nitrogen and oxygen atoms in total. The summed E-state index contributed by atoms with van der Waals surface area (Å²) in [6, 6.07) is 14.6. The summed E-state index contributed by atoms with van der Waals surface area (Å²) < 4.78 is 5.52. The predicted octanol–water partition coefficient (Wildman–Crippen LogP) is 4.15. The Kier molecular flexibility index (Phi) is 6.15. The van der Waals surface area contributed by atoms with Crippen molar-refractivity contribution in [2.24, 2.45) is 0 Å². The molecule has 2 amide bonds. The number of rotatable bonds is 5. The monoisotopic (exact) mass is 380 g/mol. The summed E-state index contributed by atoms with van der Waals surface area (Å²) in [6.45, 7) is 7.68. The number of benzene rings is 2. The molecule has 1 aliphatic rings. The molecule has 0 saturated carbocycles. The topological polar surface area (TPSA) is 67.4 Å². The van der Waals surface area contributed by atoms with E-state index in [0.717, 1.165) is 19.4 Å². The molecule has 0 aliphatic carbocycles. The molecule has 1 heterocycles. The van der Waals surface area contributed by atoms with Gasteiger partial charge in [-0.05, 0) is 54.2 Å². The zero-order valence-corrected chi connectivity index (χ0v) is 16.7. The van der Waals surface area contributed by atoms with Crippen LogP contribution >= 0.6 is 0 Å². The minimum atomic E-state index is -0.197. The summed E-state index contributed by atoms with van der Waals surface area (Å²) >= 11 is 0. The lowest BCUT2D eigenvalue weighted by Crippen LogP contribution is -2.31. The normalized spacial score (nSPS) is 16.6. The van der Waals surface area contributed by atoms with Crippen molar-refractivity contribution < 1.29 is 14.3 Å². The fourth-order valence-electron chi connectivity index (χ4n) is 3.18. The molecule has 2 aromatic rings. The second-order valence-electron chi connectivity index (χ2n) is 8.21. The summed E-state index contributed by atoms with van der Waals surface area (Å²) in [4.78, 5) is 24.9. The Morgan fingerprint density at radius 3 is 2.43 bits per heavy atom. The summed E-state index contributed by atoms with van der Waals surface area (Å²) in [6.07, 6.45) is 2.12. The lowest BCUT2D eigenvalue weighted by molar-refractivity contribution is 0.0857. The van der Waals surface area contributed by atoms with Gasteiger partial charge in [-0.15, -0.1) is 0 Å². The van der Waals surface area contributed by atoms with E-state index in [2.05, 4.69) is 31.4 Å². The highest BCUT2D eigenvalue weighted by Crippen LogP contribution is 2.22. The molecule has 2 N–H and O–H groups in total. The van der Waals surface area contributed by atoms with Gasteiger partial charge >= 0.3 is 0 Å². The van der Waals surface area contributed by atoms with Crippen LogP contribution < -0.4 is 10.6 Å². The van der Waals surface area contributed by atoms with E-state index in [1.807, 2.05) is 24.3 Å². The van der Waals surface area contributed by atoms with Crippen LogP contribution in [0.3, 0.4) is 0 Å². The fraction of sp³-hybridized carbons (Fsp3) is 0.391. The molecule has 0 aromatic heterocycles. The van der Waals surface area contributed by atoms with E-state index >= 15 is 0 Å². The van der Waals surface area contributed by atoms with Gasteiger partial charge in [-0.1, -0.05) is 39.0 Å². The van der Waals surface area contributed by atoms with E-state index in [4.69, 9.17) is 4.74 Å². The maximum absolute atomic E-state index is 12.5. The van der Waals surface area contributed by atoms with Gasteiger partial charge in [-0.25, -0.2) is 0 Å². The van der Waals surface area contributed by atoms with E-state index in [-0.39, 0.29) is 23.3 Å². The van der Waals surface area contributed by atoms with E-state index in [1.165, 1.54) is 5.56 Å². The average Bonchev–Trinajstić information content (AvgIpc) is 3.19. The number of nitrogens with one attached hydrogen (secondary N) is 2. The minimum Gasteiger partial charge on any atom is -0.376 e. The molecule has 3 rings (SSSR count). The van der Waals surface area contributed by atoms with Gasteiger partial charge in [-0.3, -0.25) is 9.59 Å². The first-order valence-electron chi connectivity index (χ1n) is 9.75. The standard InChI is InChI=1S/C23H28N2O3/c1-23(2,3)18-11-9-16(10-12-18)22(27)25-19-7-4-6-17(14-19)21(26)24-15-20-8-5-13-28-20/h4,6-7,9-12,14,20H,5,8,13,15H2,1-3H3,(H,24,26)(H,25,27). The quantitative estimate of drug-likeness (QED) is 0.819. The van der Waals surface area contributed by atoms with Crippen molar-refractivity contribution in [3.63, 3.8) is 0 Å². The van der Waals surface area contributed by atoms with Gasteiger partial charge in [0.1, 0.15) is 0 Å². The summed E-state index contributed by atoms with van der Waals surface area (Å²) in [5.74, 6) is -0.362. The van der Waals surface area contributed by atoms with Crippen LogP contribution in [0.2, 0.25) is 0 Å². The van der Waals surface area contributed by atoms with Gasteiger partial charge < -0.3 is 15.4 Å². The second kappa shape index (κ2) is 8.57. The van der Waals surface area contributed by atoms with E-state index in [0.29, 0.717) is 23.4 Å². The fourth-order valence-corrected chi connectivity index (χ4v) is 3.18. The maximum atomic E-state index is 12.5. The number of carbonyl (C=O) groups is 2. The molecule has 0 bridgehead atoms. The van der Waals surface area contributed by atoms with Crippen molar-refractivity contribution >= 4 is 17.5 Å². The molecule has 1 fully saturated rings. The third kappa shape index (κ3) is 5.20. The molecule has 1 unspecified atom stereocenters. The molecule has 1 atom stereocenters. The first kappa shape index (κ1) is 20.1. The van der Waals surface area contributed by atoms with Crippen LogP contribution in [0.25, 0.3) is 0 Å². The third-order valence-corrected chi connectivity index (χ3v) is 4.91. The van der Waals surface area contributed by atoms with Crippen LogP contribution in [0, 0.1) is 0 Å². The summed E-state index contributed by atoms with van der Waals surface area (Å²) in [5.41, 5.74) is 2.91. The molecule has 0 spiro atoms. The van der Waals surface area contributed by atoms with Crippen molar-refractivity contribution in [1.29, 1.82) is 0 Å².